The molecule has 1 unspecified atom stereocenters. The quantitative estimate of drug-likeness (QED) is 0.782. The average Bonchev–Trinajstić information content (AvgIpc) is 2.25. The van der Waals surface area contributed by atoms with Crippen LogP contribution in [0.15, 0.2) is 23.1 Å². The monoisotopic (exact) mass is 272 g/mol. The molecule has 102 valence electrons. The highest BCUT2D eigenvalue weighted by atomic mass is 32.2. The van der Waals surface area contributed by atoms with Crippen LogP contribution in [0.2, 0.25) is 0 Å². The maximum atomic E-state index is 12.4. The van der Waals surface area contributed by atoms with Gasteiger partial charge < -0.3 is 10.8 Å². The van der Waals surface area contributed by atoms with E-state index in [1.807, 2.05) is 0 Å². The number of hydrogen-bond acceptors (Lipinski definition) is 4. The number of hydrogen-bond donors (Lipinski definition) is 2. The van der Waals surface area contributed by atoms with Crippen molar-refractivity contribution >= 4 is 15.7 Å². The first-order valence-electron chi connectivity index (χ1n) is 5.76. The molecule has 0 saturated carbocycles. The lowest BCUT2D eigenvalue weighted by Crippen LogP contribution is -2.30. The van der Waals surface area contributed by atoms with Crippen molar-refractivity contribution < 1.29 is 13.5 Å². The van der Waals surface area contributed by atoms with Gasteiger partial charge in [0.15, 0.2) is 0 Å². The molecule has 1 aromatic carbocycles. The molecule has 5 nitrogen and oxygen atoms in total. The molecule has 3 N–H and O–H groups in total. The SMILES string of the molecule is Cc1cccc(N)c1S(=O)(=O)N(C)CCC(C)O. The van der Waals surface area contributed by atoms with Crippen molar-refractivity contribution in [1.29, 1.82) is 0 Å². The van der Waals surface area contributed by atoms with Crippen LogP contribution < -0.4 is 5.73 Å². The summed E-state index contributed by atoms with van der Waals surface area (Å²) in [5.41, 5.74) is 6.62. The van der Waals surface area contributed by atoms with Crippen LogP contribution in [-0.2, 0) is 10.0 Å². The van der Waals surface area contributed by atoms with Crippen LogP contribution in [0.1, 0.15) is 18.9 Å². The summed E-state index contributed by atoms with van der Waals surface area (Å²) >= 11 is 0. The first-order valence-corrected chi connectivity index (χ1v) is 7.20. The topological polar surface area (TPSA) is 83.6 Å². The molecule has 0 radical (unpaired) electrons. The Morgan fingerprint density at radius 1 is 1.44 bits per heavy atom. The lowest BCUT2D eigenvalue weighted by Gasteiger charge is -2.20. The molecule has 0 heterocycles. The molecule has 6 heteroatoms. The third-order valence-corrected chi connectivity index (χ3v) is 4.85. The molecule has 0 aliphatic heterocycles. The van der Waals surface area contributed by atoms with Crippen molar-refractivity contribution in [3.63, 3.8) is 0 Å². The number of nitrogen functional groups attached to an aromatic ring is 1. The molecule has 1 rings (SSSR count). The number of rotatable bonds is 5. The van der Waals surface area contributed by atoms with E-state index in [9.17, 15) is 13.5 Å². The molecular weight excluding hydrogens is 252 g/mol. The standard InChI is InChI=1S/C12H20N2O3S/c1-9-5-4-6-11(13)12(9)18(16,17)14(3)8-7-10(2)15/h4-6,10,15H,7-8,13H2,1-3H3. The van der Waals surface area contributed by atoms with Gasteiger partial charge in [-0.1, -0.05) is 12.1 Å². The highest BCUT2D eigenvalue weighted by Crippen LogP contribution is 2.25. The summed E-state index contributed by atoms with van der Waals surface area (Å²) in [6.45, 7) is 3.60. The van der Waals surface area contributed by atoms with Crippen LogP contribution in [0.25, 0.3) is 0 Å². The summed E-state index contributed by atoms with van der Waals surface area (Å²) in [6, 6.07) is 5.01. The molecular formula is C12H20N2O3S. The van der Waals surface area contributed by atoms with Gasteiger partial charge in [0.05, 0.1) is 11.8 Å². The van der Waals surface area contributed by atoms with Crippen molar-refractivity contribution in [3.05, 3.63) is 23.8 Å². The molecule has 0 aliphatic rings. The Bertz CT molecular complexity index is 492. The van der Waals surface area contributed by atoms with Crippen molar-refractivity contribution in [2.24, 2.45) is 0 Å². The number of benzene rings is 1. The average molecular weight is 272 g/mol. The molecule has 1 atom stereocenters. The summed E-state index contributed by atoms with van der Waals surface area (Å²) in [5.74, 6) is 0. The van der Waals surface area contributed by atoms with Crippen molar-refractivity contribution in [1.82, 2.24) is 4.31 Å². The lowest BCUT2D eigenvalue weighted by atomic mass is 10.2. The van der Waals surface area contributed by atoms with Gasteiger partial charge in [-0.3, -0.25) is 0 Å². The van der Waals surface area contributed by atoms with E-state index in [4.69, 9.17) is 5.73 Å². The van der Waals surface area contributed by atoms with Crippen LogP contribution in [0.5, 0.6) is 0 Å². The molecule has 0 amide bonds. The molecule has 0 saturated heterocycles. The Kier molecular flexibility index (Phi) is 4.72. The van der Waals surface area contributed by atoms with Gasteiger partial charge >= 0.3 is 0 Å². The molecule has 18 heavy (non-hydrogen) atoms. The summed E-state index contributed by atoms with van der Waals surface area (Å²) in [5, 5.41) is 9.20. The van der Waals surface area contributed by atoms with Gasteiger partial charge in [-0.15, -0.1) is 0 Å². The predicted molar refractivity (Wildman–Crippen MR) is 71.7 cm³/mol. The van der Waals surface area contributed by atoms with Gasteiger partial charge in [0.1, 0.15) is 4.90 Å². The molecule has 1 aromatic rings. The number of nitrogens with two attached hydrogens (primary N) is 1. The Balaban J connectivity index is 3.06. The van der Waals surface area contributed by atoms with Gasteiger partial charge in [0.2, 0.25) is 10.0 Å². The minimum atomic E-state index is -3.60. The van der Waals surface area contributed by atoms with Gasteiger partial charge in [0.25, 0.3) is 0 Å². The third kappa shape index (κ3) is 3.22. The Labute approximate surface area is 108 Å². The van der Waals surface area contributed by atoms with Crippen molar-refractivity contribution in [3.8, 4) is 0 Å². The predicted octanol–water partition coefficient (Wildman–Crippen LogP) is 0.969. The van der Waals surface area contributed by atoms with E-state index >= 15 is 0 Å². The lowest BCUT2D eigenvalue weighted by molar-refractivity contribution is 0.177. The largest absolute Gasteiger partial charge is 0.398 e. The van der Waals surface area contributed by atoms with E-state index in [2.05, 4.69) is 0 Å². The summed E-state index contributed by atoms with van der Waals surface area (Å²) in [6.07, 6.45) is -0.140. The van der Waals surface area contributed by atoms with Crippen LogP contribution in [-0.4, -0.2) is 37.5 Å². The van der Waals surface area contributed by atoms with E-state index in [0.717, 1.165) is 0 Å². The summed E-state index contributed by atoms with van der Waals surface area (Å²) in [4.78, 5) is 0.151. The van der Waals surface area contributed by atoms with Gasteiger partial charge in [0, 0.05) is 13.6 Å². The number of anilines is 1. The van der Waals surface area contributed by atoms with Crippen molar-refractivity contribution in [2.75, 3.05) is 19.3 Å². The van der Waals surface area contributed by atoms with Crippen LogP contribution in [0.3, 0.4) is 0 Å². The van der Waals surface area contributed by atoms with E-state index in [-0.39, 0.29) is 17.1 Å². The van der Waals surface area contributed by atoms with Crippen LogP contribution in [0, 0.1) is 6.92 Å². The molecule has 0 spiro atoms. The molecule has 0 aliphatic carbocycles. The summed E-state index contributed by atoms with van der Waals surface area (Å²) in [7, 11) is -2.11. The van der Waals surface area contributed by atoms with E-state index < -0.39 is 16.1 Å². The van der Waals surface area contributed by atoms with Gasteiger partial charge in [-0.05, 0) is 31.9 Å². The van der Waals surface area contributed by atoms with Crippen LogP contribution in [0.4, 0.5) is 5.69 Å². The minimum Gasteiger partial charge on any atom is -0.398 e. The second kappa shape index (κ2) is 5.69. The Hall–Kier alpha value is -1.11. The Morgan fingerprint density at radius 3 is 2.56 bits per heavy atom. The number of nitrogens with zero attached hydrogens (tertiary/aromatic N) is 1. The zero-order chi connectivity index (χ0) is 13.9. The fourth-order valence-electron chi connectivity index (χ4n) is 1.67. The smallest absolute Gasteiger partial charge is 0.245 e. The summed E-state index contributed by atoms with van der Waals surface area (Å²) < 4.78 is 25.9. The van der Waals surface area contributed by atoms with Crippen molar-refractivity contribution in [2.45, 2.75) is 31.3 Å². The molecule has 0 fully saturated rings. The van der Waals surface area contributed by atoms with E-state index in [0.29, 0.717) is 12.0 Å². The molecule has 0 aromatic heterocycles. The fourth-order valence-corrected chi connectivity index (χ4v) is 3.17. The zero-order valence-electron chi connectivity index (χ0n) is 10.9. The maximum absolute atomic E-state index is 12.4. The number of aliphatic hydroxyl groups is 1. The highest BCUT2D eigenvalue weighted by molar-refractivity contribution is 7.89. The van der Waals surface area contributed by atoms with E-state index in [1.54, 1.807) is 32.0 Å². The fraction of sp³-hybridized carbons (Fsp3) is 0.500. The first kappa shape index (κ1) is 14.9. The zero-order valence-corrected chi connectivity index (χ0v) is 11.7. The maximum Gasteiger partial charge on any atom is 0.245 e. The molecule has 0 bridgehead atoms. The van der Waals surface area contributed by atoms with Gasteiger partial charge in [-0.25, -0.2) is 12.7 Å². The second-order valence-electron chi connectivity index (χ2n) is 4.46. The highest BCUT2D eigenvalue weighted by Gasteiger charge is 2.24. The Morgan fingerprint density at radius 2 is 2.06 bits per heavy atom. The minimum absolute atomic E-state index is 0.151. The van der Waals surface area contributed by atoms with Crippen LogP contribution >= 0.6 is 0 Å². The number of aliphatic hydroxyl groups excluding tert-OH is 1. The van der Waals surface area contributed by atoms with E-state index in [1.165, 1.54) is 11.4 Å². The third-order valence-electron chi connectivity index (χ3n) is 2.77. The van der Waals surface area contributed by atoms with Gasteiger partial charge in [-0.2, -0.15) is 0 Å². The second-order valence-corrected chi connectivity index (χ2v) is 6.44. The number of aryl methyl sites for hydroxylation is 1. The first-order chi connectivity index (χ1) is 8.26. The number of sulfonamides is 1. The normalized spacial score (nSPS) is 13.8.